The molecule has 2 fully saturated rings. The zero-order valence-corrected chi connectivity index (χ0v) is 20.4. The number of nitrogens with one attached hydrogen (secondary N) is 2. The molecule has 2 amide bonds. The predicted molar refractivity (Wildman–Crippen MR) is 127 cm³/mol. The predicted octanol–water partition coefficient (Wildman–Crippen LogP) is 5.90. The van der Waals surface area contributed by atoms with E-state index in [1.165, 1.54) is 7.11 Å². The van der Waals surface area contributed by atoms with E-state index in [2.05, 4.69) is 15.6 Å². The highest BCUT2D eigenvalue weighted by molar-refractivity contribution is 7.22. The van der Waals surface area contributed by atoms with Crippen molar-refractivity contribution in [1.29, 1.82) is 0 Å². The van der Waals surface area contributed by atoms with Crippen molar-refractivity contribution in [2.45, 2.75) is 31.5 Å². The first-order valence-corrected chi connectivity index (χ1v) is 12.4. The topological polar surface area (TPSA) is 80.3 Å². The monoisotopic (exact) mass is 541 g/mol. The molecule has 2 bridgehead atoms. The maximum atomic E-state index is 13.7. The average molecular weight is 542 g/mol. The molecule has 12 heteroatoms. The number of anilines is 1. The lowest BCUT2D eigenvalue weighted by Gasteiger charge is -2.31. The van der Waals surface area contributed by atoms with Gasteiger partial charge in [-0.3, -0.25) is 9.59 Å². The Balaban J connectivity index is 1.41. The zero-order chi connectivity index (χ0) is 25.8. The van der Waals surface area contributed by atoms with Crippen LogP contribution in [0.3, 0.4) is 0 Å². The first-order chi connectivity index (χ1) is 17.1. The fourth-order valence-electron chi connectivity index (χ4n) is 5.48. The molecule has 2 aliphatic carbocycles. The summed E-state index contributed by atoms with van der Waals surface area (Å²) in [5, 5.41) is 5.48. The van der Waals surface area contributed by atoms with E-state index in [9.17, 15) is 27.2 Å². The Kier molecular flexibility index (Phi) is 6.32. The Labute approximate surface area is 212 Å². The second-order valence-electron chi connectivity index (χ2n) is 9.00. The average Bonchev–Trinajstić information content (AvgIpc) is 3.52. The van der Waals surface area contributed by atoms with Gasteiger partial charge in [0.1, 0.15) is 17.1 Å². The van der Waals surface area contributed by atoms with Crippen LogP contribution in [0.25, 0.3) is 10.2 Å². The smallest absolute Gasteiger partial charge is 0.419 e. The van der Waals surface area contributed by atoms with E-state index in [0.29, 0.717) is 34.5 Å². The molecule has 190 valence electrons. The lowest BCUT2D eigenvalue weighted by molar-refractivity contribution is -0.140. The molecule has 0 radical (unpaired) electrons. The van der Waals surface area contributed by atoms with E-state index in [1.807, 2.05) is 0 Å². The molecule has 0 saturated heterocycles. The second-order valence-corrected chi connectivity index (χ2v) is 10.6. The number of hydrogen-bond acceptors (Lipinski definition) is 5. The van der Waals surface area contributed by atoms with Crippen LogP contribution in [0.2, 0.25) is 4.47 Å². The molecule has 0 unspecified atom stereocenters. The first kappa shape index (κ1) is 24.8. The van der Waals surface area contributed by atoms with Gasteiger partial charge >= 0.3 is 6.18 Å². The number of benzene rings is 2. The van der Waals surface area contributed by atoms with Gasteiger partial charge in [0, 0.05) is 11.7 Å². The molecule has 6 nitrogen and oxygen atoms in total. The SMILES string of the molecule is COc1ccc2nc(Cl)sc2c1C(=O)N[C@@H]1[C@H]2CC[C@H](C2)[C@@H]1C(=O)Nc1ccc(F)c(C(F)(F)F)c1. The third-order valence-electron chi connectivity index (χ3n) is 7.00. The maximum absolute atomic E-state index is 13.7. The van der Waals surface area contributed by atoms with Crippen LogP contribution < -0.4 is 15.4 Å². The van der Waals surface area contributed by atoms with Gasteiger partial charge in [-0.25, -0.2) is 9.37 Å². The van der Waals surface area contributed by atoms with Crippen molar-refractivity contribution < 1.29 is 31.9 Å². The van der Waals surface area contributed by atoms with Gasteiger partial charge in [0.25, 0.3) is 5.91 Å². The van der Waals surface area contributed by atoms with Gasteiger partial charge in [-0.15, -0.1) is 11.3 Å². The summed E-state index contributed by atoms with van der Waals surface area (Å²) in [6.45, 7) is 0. The normalized spacial score (nSPS) is 23.2. The van der Waals surface area contributed by atoms with Crippen LogP contribution in [0.15, 0.2) is 30.3 Å². The Hall–Kier alpha value is -2.92. The largest absolute Gasteiger partial charge is 0.496 e. The van der Waals surface area contributed by atoms with Crippen LogP contribution in [0.4, 0.5) is 23.2 Å². The van der Waals surface area contributed by atoms with Crippen LogP contribution in [-0.4, -0.2) is 29.9 Å². The summed E-state index contributed by atoms with van der Waals surface area (Å²) in [6, 6.07) is 5.12. The molecule has 1 aromatic heterocycles. The van der Waals surface area contributed by atoms with Gasteiger partial charge in [0.2, 0.25) is 5.91 Å². The van der Waals surface area contributed by atoms with E-state index in [0.717, 1.165) is 30.2 Å². The summed E-state index contributed by atoms with van der Waals surface area (Å²) < 4.78 is 59.2. The summed E-state index contributed by atoms with van der Waals surface area (Å²) in [6.07, 6.45) is -2.58. The summed E-state index contributed by atoms with van der Waals surface area (Å²) in [5.41, 5.74) is -0.821. The van der Waals surface area contributed by atoms with Crippen molar-refractivity contribution in [3.8, 4) is 5.75 Å². The van der Waals surface area contributed by atoms with Crippen molar-refractivity contribution in [3.63, 3.8) is 0 Å². The van der Waals surface area contributed by atoms with Crippen LogP contribution in [-0.2, 0) is 11.0 Å². The number of carbonyl (C=O) groups is 2. The molecule has 2 saturated carbocycles. The lowest BCUT2D eigenvalue weighted by Crippen LogP contribution is -2.48. The van der Waals surface area contributed by atoms with E-state index >= 15 is 0 Å². The van der Waals surface area contributed by atoms with Crippen LogP contribution in [0, 0.1) is 23.6 Å². The van der Waals surface area contributed by atoms with Crippen molar-refractivity contribution in [2.24, 2.45) is 17.8 Å². The molecule has 0 aliphatic heterocycles. The molecule has 4 atom stereocenters. The van der Waals surface area contributed by atoms with E-state index < -0.39 is 41.3 Å². The summed E-state index contributed by atoms with van der Waals surface area (Å²) in [5.74, 6) is -2.69. The number of fused-ring (bicyclic) bond motifs is 3. The number of amides is 2. The third-order valence-corrected chi connectivity index (χ3v) is 8.19. The Morgan fingerprint density at radius 3 is 2.64 bits per heavy atom. The highest BCUT2D eigenvalue weighted by Gasteiger charge is 2.51. The number of nitrogens with zero attached hydrogens (tertiary/aromatic N) is 1. The standard InChI is InChI=1S/C24H20ClF4N3O3S/c1-35-16-7-6-15-20(36-23(25)31-15)18(16)22(34)32-19-11-3-2-10(8-11)17(19)21(33)30-12-4-5-14(26)13(9-12)24(27,28)29/h4-7,9-11,17,19H,2-3,8H2,1H3,(H,30,33)(H,32,34)/t10-,11+,17+,19-/m1/s1. The molecule has 0 spiro atoms. The van der Waals surface area contributed by atoms with Gasteiger partial charge in [0.05, 0.1) is 28.8 Å². The van der Waals surface area contributed by atoms with E-state index in [1.54, 1.807) is 12.1 Å². The number of carbonyl (C=O) groups excluding carboxylic acids is 2. The number of methoxy groups -OCH3 is 1. The number of ether oxygens (including phenoxy) is 1. The van der Waals surface area contributed by atoms with E-state index in [-0.39, 0.29) is 27.6 Å². The molecule has 2 aromatic carbocycles. The minimum atomic E-state index is -4.90. The Bertz CT molecular complexity index is 1360. The number of alkyl halides is 3. The first-order valence-electron chi connectivity index (χ1n) is 11.2. The van der Waals surface area contributed by atoms with Crippen LogP contribution in [0.5, 0.6) is 5.75 Å². The maximum Gasteiger partial charge on any atom is 0.419 e. The minimum absolute atomic E-state index is 0.0293. The van der Waals surface area contributed by atoms with Gasteiger partial charge < -0.3 is 15.4 Å². The molecule has 1 heterocycles. The molecule has 3 aromatic rings. The summed E-state index contributed by atoms with van der Waals surface area (Å²) in [7, 11) is 1.44. The number of aromatic nitrogens is 1. The number of halogens is 5. The Morgan fingerprint density at radius 1 is 1.17 bits per heavy atom. The van der Waals surface area contributed by atoms with Gasteiger partial charge in [-0.2, -0.15) is 13.2 Å². The van der Waals surface area contributed by atoms with Crippen molar-refractivity contribution in [1.82, 2.24) is 10.3 Å². The van der Waals surface area contributed by atoms with Crippen molar-refractivity contribution >= 4 is 50.7 Å². The number of thiazole rings is 1. The molecule has 5 rings (SSSR count). The van der Waals surface area contributed by atoms with Gasteiger partial charge in [0.15, 0.2) is 4.47 Å². The molecule has 2 aliphatic rings. The van der Waals surface area contributed by atoms with Gasteiger partial charge in [-0.1, -0.05) is 11.6 Å². The molecule has 2 N–H and O–H groups in total. The third kappa shape index (κ3) is 4.39. The molecular formula is C24H20ClF4N3O3S. The number of rotatable bonds is 5. The van der Waals surface area contributed by atoms with Crippen LogP contribution in [0.1, 0.15) is 35.2 Å². The van der Waals surface area contributed by atoms with Gasteiger partial charge in [-0.05, 0) is 61.4 Å². The Morgan fingerprint density at radius 2 is 1.92 bits per heavy atom. The van der Waals surface area contributed by atoms with Crippen LogP contribution >= 0.6 is 22.9 Å². The highest BCUT2D eigenvalue weighted by Crippen LogP contribution is 2.49. The fourth-order valence-corrected chi connectivity index (χ4v) is 6.63. The highest BCUT2D eigenvalue weighted by atomic mass is 35.5. The quantitative estimate of drug-likeness (QED) is 0.394. The molecular weight excluding hydrogens is 522 g/mol. The zero-order valence-electron chi connectivity index (χ0n) is 18.8. The molecule has 36 heavy (non-hydrogen) atoms. The fraction of sp³-hybridized carbons (Fsp3) is 0.375. The lowest BCUT2D eigenvalue weighted by atomic mass is 9.83. The van der Waals surface area contributed by atoms with E-state index in [4.69, 9.17) is 16.3 Å². The summed E-state index contributed by atoms with van der Waals surface area (Å²) >= 11 is 7.19. The van der Waals surface area contributed by atoms with Crippen molar-refractivity contribution in [3.05, 3.63) is 51.7 Å². The number of hydrogen-bond donors (Lipinski definition) is 2. The second kappa shape index (κ2) is 9.19. The minimum Gasteiger partial charge on any atom is -0.496 e. The summed E-state index contributed by atoms with van der Waals surface area (Å²) in [4.78, 5) is 30.9. The van der Waals surface area contributed by atoms with Crippen molar-refractivity contribution in [2.75, 3.05) is 12.4 Å².